The van der Waals surface area contributed by atoms with Crippen LogP contribution in [-0.2, 0) is 14.3 Å². The van der Waals surface area contributed by atoms with Crippen molar-refractivity contribution in [2.75, 3.05) is 0 Å². The Morgan fingerprint density at radius 1 is 1.18 bits per heavy atom. The number of benzene rings is 1. The van der Waals surface area contributed by atoms with Crippen LogP contribution < -0.4 is 0 Å². The summed E-state index contributed by atoms with van der Waals surface area (Å²) >= 11 is 0. The molecule has 1 aromatic rings. The minimum atomic E-state index is -0.689. The molecule has 148 valence electrons. The topological polar surface area (TPSA) is 63.7 Å². The van der Waals surface area contributed by atoms with E-state index in [9.17, 15) is 14.4 Å². The molecule has 0 fully saturated rings. The van der Waals surface area contributed by atoms with Gasteiger partial charge in [-0.25, -0.2) is 9.69 Å². The van der Waals surface area contributed by atoms with E-state index in [-0.39, 0.29) is 17.6 Å². The highest BCUT2D eigenvalue weighted by molar-refractivity contribution is 6.01. The number of hydrogen-bond acceptors (Lipinski definition) is 4. The fourth-order valence-electron chi connectivity index (χ4n) is 3.77. The van der Waals surface area contributed by atoms with Crippen molar-refractivity contribution < 1.29 is 19.1 Å². The van der Waals surface area contributed by atoms with Crippen LogP contribution in [0.25, 0.3) is 0 Å². The maximum Gasteiger partial charge on any atom is 0.417 e. The lowest BCUT2D eigenvalue weighted by Crippen LogP contribution is -2.45. The predicted octanol–water partition coefficient (Wildman–Crippen LogP) is 4.54. The van der Waals surface area contributed by atoms with E-state index in [1.807, 2.05) is 30.3 Å². The quantitative estimate of drug-likeness (QED) is 0.768. The zero-order chi connectivity index (χ0) is 20.3. The first-order valence-electron chi connectivity index (χ1n) is 9.76. The maximum atomic E-state index is 12.7. The van der Waals surface area contributed by atoms with Crippen molar-refractivity contribution in [1.82, 2.24) is 4.90 Å². The van der Waals surface area contributed by atoms with Crippen molar-refractivity contribution >= 4 is 17.8 Å². The van der Waals surface area contributed by atoms with E-state index < -0.39 is 17.7 Å². The molecule has 0 aromatic heterocycles. The van der Waals surface area contributed by atoms with Crippen LogP contribution in [0.5, 0.6) is 0 Å². The van der Waals surface area contributed by atoms with Crippen molar-refractivity contribution in [3.8, 4) is 0 Å². The number of imide groups is 1. The van der Waals surface area contributed by atoms with Crippen LogP contribution in [0.1, 0.15) is 57.9 Å². The SMILES string of the molecule is CC(C)(C)OC(=O)N1C(=O)C=CC1C(CC1=CC(=O)CCC1)c1ccccc1. The van der Waals surface area contributed by atoms with E-state index in [0.29, 0.717) is 12.8 Å². The standard InChI is InChI=1S/C23H27NO4/c1-23(2,3)28-22(27)24-20(12-13-21(24)26)19(17-9-5-4-6-10-17)15-16-8-7-11-18(25)14-16/h4-6,9-10,12-14,19-20H,7-8,11,15H2,1-3H3. The molecule has 1 aliphatic heterocycles. The molecule has 2 amide bonds. The van der Waals surface area contributed by atoms with Crippen molar-refractivity contribution in [3.05, 3.63) is 59.7 Å². The van der Waals surface area contributed by atoms with Crippen molar-refractivity contribution in [2.45, 2.75) is 64.0 Å². The third kappa shape index (κ3) is 4.77. The van der Waals surface area contributed by atoms with Gasteiger partial charge in [-0.1, -0.05) is 42.0 Å². The smallest absolute Gasteiger partial charge is 0.417 e. The van der Waals surface area contributed by atoms with E-state index in [0.717, 1.165) is 24.0 Å². The summed E-state index contributed by atoms with van der Waals surface area (Å²) in [5.74, 6) is -0.349. The summed E-state index contributed by atoms with van der Waals surface area (Å²) in [5.41, 5.74) is 1.41. The number of allylic oxidation sites excluding steroid dienone is 2. The van der Waals surface area contributed by atoms with Crippen LogP contribution in [0, 0.1) is 0 Å². The van der Waals surface area contributed by atoms with Gasteiger partial charge in [0.25, 0.3) is 5.91 Å². The molecule has 0 saturated heterocycles. The molecule has 28 heavy (non-hydrogen) atoms. The van der Waals surface area contributed by atoms with Crippen LogP contribution in [0.4, 0.5) is 4.79 Å². The van der Waals surface area contributed by atoms with Crippen LogP contribution in [-0.4, -0.2) is 34.3 Å². The van der Waals surface area contributed by atoms with E-state index in [4.69, 9.17) is 4.74 Å². The number of carbonyl (C=O) groups excluding carboxylic acids is 3. The molecular weight excluding hydrogens is 354 g/mol. The molecule has 0 radical (unpaired) electrons. The lowest BCUT2D eigenvalue weighted by Gasteiger charge is -2.33. The molecule has 2 aliphatic rings. The third-order valence-electron chi connectivity index (χ3n) is 4.97. The van der Waals surface area contributed by atoms with Gasteiger partial charge in [-0.3, -0.25) is 9.59 Å². The maximum absolute atomic E-state index is 12.7. The first kappa shape index (κ1) is 20.1. The Balaban J connectivity index is 1.92. The van der Waals surface area contributed by atoms with Crippen LogP contribution in [0.2, 0.25) is 0 Å². The Morgan fingerprint density at radius 2 is 1.89 bits per heavy atom. The van der Waals surface area contributed by atoms with Gasteiger partial charge in [0.05, 0.1) is 6.04 Å². The first-order valence-corrected chi connectivity index (χ1v) is 9.76. The molecule has 0 spiro atoms. The summed E-state index contributed by atoms with van der Waals surface area (Å²) in [6.07, 6.45) is 7.23. The molecule has 1 heterocycles. The fraction of sp³-hybridized carbons (Fsp3) is 0.435. The Labute approximate surface area is 166 Å². The largest absolute Gasteiger partial charge is 0.443 e. The van der Waals surface area contributed by atoms with Gasteiger partial charge >= 0.3 is 6.09 Å². The predicted molar refractivity (Wildman–Crippen MR) is 107 cm³/mol. The summed E-state index contributed by atoms with van der Waals surface area (Å²) < 4.78 is 5.47. The van der Waals surface area contributed by atoms with E-state index in [2.05, 4.69) is 0 Å². The van der Waals surface area contributed by atoms with Gasteiger partial charge in [0.15, 0.2) is 5.78 Å². The van der Waals surface area contributed by atoms with Crippen LogP contribution in [0.3, 0.4) is 0 Å². The molecule has 5 heteroatoms. The first-order chi connectivity index (χ1) is 13.2. The van der Waals surface area contributed by atoms with Crippen LogP contribution in [0.15, 0.2) is 54.1 Å². The second-order valence-electron chi connectivity index (χ2n) is 8.38. The highest BCUT2D eigenvalue weighted by Gasteiger charge is 2.40. The average Bonchev–Trinajstić information content (AvgIpc) is 3.00. The number of ether oxygens (including phenoxy) is 1. The summed E-state index contributed by atoms with van der Waals surface area (Å²) in [5, 5.41) is 0. The number of carbonyl (C=O) groups is 3. The Kier molecular flexibility index (Phi) is 5.82. The summed E-state index contributed by atoms with van der Waals surface area (Å²) in [4.78, 5) is 38.3. The van der Waals surface area contributed by atoms with Gasteiger partial charge in [-0.2, -0.15) is 0 Å². The molecule has 1 aliphatic carbocycles. The number of rotatable bonds is 4. The Morgan fingerprint density at radius 3 is 2.54 bits per heavy atom. The molecular formula is C23H27NO4. The zero-order valence-corrected chi connectivity index (χ0v) is 16.7. The highest BCUT2D eigenvalue weighted by atomic mass is 16.6. The normalized spacial score (nSPS) is 20.9. The number of ketones is 1. The molecule has 2 atom stereocenters. The monoisotopic (exact) mass is 381 g/mol. The minimum Gasteiger partial charge on any atom is -0.443 e. The number of hydrogen-bond donors (Lipinski definition) is 0. The number of amides is 2. The molecule has 0 N–H and O–H groups in total. The Bertz CT molecular complexity index is 817. The lowest BCUT2D eigenvalue weighted by atomic mass is 9.82. The summed E-state index contributed by atoms with van der Waals surface area (Å²) in [7, 11) is 0. The Hall–Kier alpha value is -2.69. The van der Waals surface area contributed by atoms with Crippen LogP contribution >= 0.6 is 0 Å². The van der Waals surface area contributed by atoms with Gasteiger partial charge in [-0.05, 0) is 51.7 Å². The summed E-state index contributed by atoms with van der Waals surface area (Å²) in [6.45, 7) is 5.34. The van der Waals surface area contributed by atoms with Gasteiger partial charge < -0.3 is 4.74 Å². The molecule has 3 rings (SSSR count). The van der Waals surface area contributed by atoms with Crippen molar-refractivity contribution in [1.29, 1.82) is 0 Å². The van der Waals surface area contributed by atoms with E-state index in [1.165, 1.54) is 11.0 Å². The second kappa shape index (κ2) is 8.13. The van der Waals surface area contributed by atoms with Gasteiger partial charge in [0, 0.05) is 18.4 Å². The van der Waals surface area contributed by atoms with E-state index in [1.54, 1.807) is 32.9 Å². The molecule has 2 unspecified atom stereocenters. The average molecular weight is 381 g/mol. The fourth-order valence-corrected chi connectivity index (χ4v) is 3.77. The van der Waals surface area contributed by atoms with Gasteiger partial charge in [0.1, 0.15) is 5.60 Å². The highest BCUT2D eigenvalue weighted by Crippen LogP contribution is 2.36. The third-order valence-corrected chi connectivity index (χ3v) is 4.97. The molecule has 5 nitrogen and oxygen atoms in total. The van der Waals surface area contributed by atoms with Gasteiger partial charge in [0.2, 0.25) is 0 Å². The van der Waals surface area contributed by atoms with Crippen molar-refractivity contribution in [3.63, 3.8) is 0 Å². The summed E-state index contributed by atoms with van der Waals surface area (Å²) in [6, 6.07) is 9.38. The second-order valence-corrected chi connectivity index (χ2v) is 8.38. The minimum absolute atomic E-state index is 0.131. The zero-order valence-electron chi connectivity index (χ0n) is 16.7. The van der Waals surface area contributed by atoms with E-state index >= 15 is 0 Å². The molecule has 0 saturated carbocycles. The number of nitrogens with zero attached hydrogens (tertiary/aromatic N) is 1. The van der Waals surface area contributed by atoms with Gasteiger partial charge in [-0.15, -0.1) is 0 Å². The van der Waals surface area contributed by atoms with Crippen molar-refractivity contribution in [2.24, 2.45) is 0 Å². The lowest BCUT2D eigenvalue weighted by molar-refractivity contribution is -0.125. The molecule has 0 bridgehead atoms. The molecule has 1 aromatic carbocycles.